The highest BCUT2D eigenvalue weighted by Crippen LogP contribution is 2.14. The Bertz CT molecular complexity index is 657. The molecule has 0 unspecified atom stereocenters. The van der Waals surface area contributed by atoms with Crippen LogP contribution in [-0.2, 0) is 0 Å². The van der Waals surface area contributed by atoms with E-state index < -0.39 is 11.9 Å². The van der Waals surface area contributed by atoms with E-state index in [0.29, 0.717) is 22.0 Å². The van der Waals surface area contributed by atoms with E-state index in [1.807, 2.05) is 0 Å². The van der Waals surface area contributed by atoms with Crippen LogP contribution in [0, 0.1) is 0 Å². The third-order valence-corrected chi connectivity index (χ3v) is 2.94. The number of imide groups is 1. The van der Waals surface area contributed by atoms with E-state index >= 15 is 0 Å². The molecule has 0 heterocycles. The zero-order chi connectivity index (χ0) is 15.9. The van der Waals surface area contributed by atoms with Crippen LogP contribution in [0.5, 0.6) is 5.75 Å². The number of anilines is 1. The van der Waals surface area contributed by atoms with Gasteiger partial charge in [0.25, 0.3) is 5.91 Å². The third kappa shape index (κ3) is 4.68. The van der Waals surface area contributed by atoms with Crippen LogP contribution < -0.4 is 21.1 Å². The van der Waals surface area contributed by atoms with Gasteiger partial charge in [0, 0.05) is 16.3 Å². The Hall–Kier alpha value is -2.73. The van der Waals surface area contributed by atoms with Gasteiger partial charge in [-0.05, 0) is 48.5 Å². The maximum Gasteiger partial charge on any atom is 0.324 e. The molecule has 114 valence electrons. The van der Waals surface area contributed by atoms with Crippen molar-refractivity contribution in [2.24, 2.45) is 0 Å². The lowest BCUT2D eigenvalue weighted by atomic mass is 10.2. The normalized spacial score (nSPS) is 9.86. The number of carbonyl (C=O) groups is 2. The molecule has 6 nitrogen and oxygen atoms in total. The van der Waals surface area contributed by atoms with Crippen LogP contribution in [0.2, 0.25) is 5.02 Å². The zero-order valence-corrected chi connectivity index (χ0v) is 12.3. The molecule has 2 rings (SSSR count). The highest BCUT2D eigenvalue weighted by atomic mass is 35.5. The number of rotatable bonds is 4. The molecular formula is C15H14ClN3O3. The first-order valence-corrected chi connectivity index (χ1v) is 6.75. The number of nitrogen functional groups attached to an aromatic ring is 1. The lowest BCUT2D eigenvalue weighted by Crippen LogP contribution is -2.41. The number of benzene rings is 2. The molecule has 0 bridgehead atoms. The fraction of sp³-hybridized carbons (Fsp3) is 0.0667. The summed E-state index contributed by atoms with van der Waals surface area (Å²) in [6, 6.07) is 12.2. The Morgan fingerprint density at radius 1 is 1.05 bits per heavy atom. The molecule has 7 heteroatoms. The number of nitrogens with one attached hydrogen (secondary N) is 2. The van der Waals surface area contributed by atoms with Crippen LogP contribution in [-0.4, -0.2) is 18.7 Å². The topological polar surface area (TPSA) is 93.5 Å². The van der Waals surface area contributed by atoms with E-state index in [4.69, 9.17) is 22.1 Å². The minimum Gasteiger partial charge on any atom is -0.473 e. The van der Waals surface area contributed by atoms with Gasteiger partial charge >= 0.3 is 6.03 Å². The predicted molar refractivity (Wildman–Crippen MR) is 83.8 cm³/mol. The molecule has 2 aromatic rings. The fourth-order valence-corrected chi connectivity index (χ4v) is 1.70. The second kappa shape index (κ2) is 7.33. The summed E-state index contributed by atoms with van der Waals surface area (Å²) in [4.78, 5) is 23.3. The van der Waals surface area contributed by atoms with Crippen LogP contribution in [0.15, 0.2) is 48.5 Å². The van der Waals surface area contributed by atoms with E-state index in [-0.39, 0.29) is 6.73 Å². The van der Waals surface area contributed by atoms with Gasteiger partial charge in [-0.1, -0.05) is 11.6 Å². The Balaban J connectivity index is 1.76. The van der Waals surface area contributed by atoms with Gasteiger partial charge in [0.2, 0.25) is 0 Å². The minimum absolute atomic E-state index is 0.0809. The molecular weight excluding hydrogens is 306 g/mol. The standard InChI is InChI=1S/C15H14ClN3O3/c16-11-3-7-13(8-4-11)22-9-18-15(21)19-14(20)10-1-5-12(17)6-2-10/h1-8H,9,17H2,(H2,18,19,20,21). The number of amides is 3. The third-order valence-electron chi connectivity index (χ3n) is 2.69. The number of urea groups is 1. The van der Waals surface area contributed by atoms with E-state index in [0.717, 1.165) is 0 Å². The van der Waals surface area contributed by atoms with Crippen LogP contribution in [0.25, 0.3) is 0 Å². The summed E-state index contributed by atoms with van der Waals surface area (Å²) in [5.74, 6) is 0.0264. The van der Waals surface area contributed by atoms with Crippen molar-refractivity contribution in [3.63, 3.8) is 0 Å². The van der Waals surface area contributed by atoms with Crippen molar-refractivity contribution in [2.45, 2.75) is 0 Å². The molecule has 0 radical (unpaired) electrons. The maximum atomic E-state index is 11.8. The van der Waals surface area contributed by atoms with Gasteiger partial charge < -0.3 is 15.8 Å². The summed E-state index contributed by atoms with van der Waals surface area (Å²) in [7, 11) is 0. The molecule has 0 saturated carbocycles. The Morgan fingerprint density at radius 2 is 1.68 bits per heavy atom. The highest BCUT2D eigenvalue weighted by Gasteiger charge is 2.09. The molecule has 0 saturated heterocycles. The Labute approximate surface area is 132 Å². The molecule has 0 spiro atoms. The van der Waals surface area contributed by atoms with Crippen LogP contribution in [0.4, 0.5) is 10.5 Å². The van der Waals surface area contributed by atoms with Gasteiger partial charge in [-0.25, -0.2) is 4.79 Å². The first-order chi connectivity index (χ1) is 10.5. The van der Waals surface area contributed by atoms with E-state index in [1.165, 1.54) is 12.1 Å². The van der Waals surface area contributed by atoms with Crippen LogP contribution in [0.3, 0.4) is 0 Å². The van der Waals surface area contributed by atoms with Gasteiger partial charge in [0.1, 0.15) is 5.75 Å². The summed E-state index contributed by atoms with van der Waals surface area (Å²) in [5.41, 5.74) is 6.40. The lowest BCUT2D eigenvalue weighted by molar-refractivity contribution is 0.0962. The Morgan fingerprint density at radius 3 is 2.32 bits per heavy atom. The molecule has 0 aromatic heterocycles. The van der Waals surface area contributed by atoms with Gasteiger partial charge in [-0.2, -0.15) is 0 Å². The van der Waals surface area contributed by atoms with Crippen LogP contribution in [0.1, 0.15) is 10.4 Å². The Kier molecular flexibility index (Phi) is 5.21. The average Bonchev–Trinajstić information content (AvgIpc) is 2.50. The van der Waals surface area contributed by atoms with Crippen molar-refractivity contribution in [1.29, 1.82) is 0 Å². The molecule has 0 aliphatic rings. The SMILES string of the molecule is Nc1ccc(C(=O)NC(=O)NCOc2ccc(Cl)cc2)cc1. The predicted octanol–water partition coefficient (Wildman–Crippen LogP) is 2.40. The highest BCUT2D eigenvalue weighted by molar-refractivity contribution is 6.30. The molecule has 3 amide bonds. The first-order valence-electron chi connectivity index (χ1n) is 6.37. The quantitative estimate of drug-likeness (QED) is 0.596. The van der Waals surface area contributed by atoms with Crippen LogP contribution >= 0.6 is 11.6 Å². The molecule has 0 aliphatic heterocycles. The number of nitrogens with two attached hydrogens (primary N) is 1. The molecule has 2 aromatic carbocycles. The van der Waals surface area contributed by atoms with Crippen molar-refractivity contribution in [1.82, 2.24) is 10.6 Å². The largest absolute Gasteiger partial charge is 0.473 e. The summed E-state index contributed by atoms with van der Waals surface area (Å²) < 4.78 is 5.28. The summed E-state index contributed by atoms with van der Waals surface area (Å²) in [5, 5.41) is 5.18. The van der Waals surface area contributed by atoms with Crippen molar-refractivity contribution >= 4 is 29.2 Å². The number of halogens is 1. The number of hydrogen-bond donors (Lipinski definition) is 3. The molecule has 0 aliphatic carbocycles. The number of carbonyl (C=O) groups excluding carboxylic acids is 2. The molecule has 22 heavy (non-hydrogen) atoms. The van der Waals surface area contributed by atoms with E-state index in [2.05, 4.69) is 10.6 Å². The molecule has 0 atom stereocenters. The second-order valence-corrected chi connectivity index (χ2v) is 4.76. The first kappa shape index (κ1) is 15.7. The van der Waals surface area contributed by atoms with Gasteiger partial charge in [-0.3, -0.25) is 10.1 Å². The van der Waals surface area contributed by atoms with Gasteiger partial charge in [0.15, 0.2) is 6.73 Å². The maximum absolute atomic E-state index is 11.8. The minimum atomic E-state index is -0.657. The summed E-state index contributed by atoms with van der Waals surface area (Å²) in [6.45, 7) is -0.0809. The zero-order valence-electron chi connectivity index (χ0n) is 11.5. The average molecular weight is 320 g/mol. The number of hydrogen-bond acceptors (Lipinski definition) is 4. The lowest BCUT2D eigenvalue weighted by Gasteiger charge is -2.09. The summed E-state index contributed by atoms with van der Waals surface area (Å²) in [6.07, 6.45) is 0. The number of ether oxygens (including phenoxy) is 1. The smallest absolute Gasteiger partial charge is 0.324 e. The van der Waals surface area contributed by atoms with Crippen molar-refractivity contribution in [2.75, 3.05) is 12.5 Å². The van der Waals surface area contributed by atoms with E-state index in [1.54, 1.807) is 36.4 Å². The second-order valence-electron chi connectivity index (χ2n) is 4.32. The van der Waals surface area contributed by atoms with E-state index in [9.17, 15) is 9.59 Å². The molecule has 0 fully saturated rings. The molecule has 4 N–H and O–H groups in total. The van der Waals surface area contributed by atoms with Crippen molar-refractivity contribution < 1.29 is 14.3 Å². The fourth-order valence-electron chi connectivity index (χ4n) is 1.57. The summed E-state index contributed by atoms with van der Waals surface area (Å²) >= 11 is 5.74. The monoisotopic (exact) mass is 319 g/mol. The van der Waals surface area contributed by atoms with Gasteiger partial charge in [-0.15, -0.1) is 0 Å². The van der Waals surface area contributed by atoms with Crippen molar-refractivity contribution in [3.8, 4) is 5.75 Å². The van der Waals surface area contributed by atoms with Crippen molar-refractivity contribution in [3.05, 3.63) is 59.1 Å². The van der Waals surface area contributed by atoms with Gasteiger partial charge in [0.05, 0.1) is 0 Å².